The maximum atomic E-state index is 14.2. The topological polar surface area (TPSA) is 0 Å². The minimum atomic E-state index is -7.88. The average Bonchev–Trinajstić information content (AvgIpc) is 3.05. The second-order valence-corrected chi connectivity index (χ2v) is 7.77. The summed E-state index contributed by atoms with van der Waals surface area (Å²) in [7, 11) is 0. The summed E-state index contributed by atoms with van der Waals surface area (Å²) >= 11 is 0. The fraction of sp³-hybridized carbons (Fsp3) is 0.429. The molecule has 0 unspecified atom stereocenters. The highest BCUT2D eigenvalue weighted by Gasteiger charge is 2.90. The first-order valence-electron chi connectivity index (χ1n) is 9.45. The van der Waals surface area contributed by atoms with Crippen molar-refractivity contribution < 1.29 is 57.1 Å². The Morgan fingerprint density at radius 1 is 0.500 bits per heavy atom. The third-order valence-corrected chi connectivity index (χ3v) is 5.71. The van der Waals surface area contributed by atoms with Gasteiger partial charge in [-0.2, -0.15) is 57.1 Å². The van der Waals surface area contributed by atoms with E-state index in [1.807, 2.05) is 0 Å². The van der Waals surface area contributed by atoms with Crippen molar-refractivity contribution in [3.63, 3.8) is 0 Å². The second-order valence-electron chi connectivity index (χ2n) is 7.77. The van der Waals surface area contributed by atoms with Crippen LogP contribution in [0.15, 0.2) is 48.5 Å². The van der Waals surface area contributed by atoms with Gasteiger partial charge in [-0.1, -0.05) is 48.5 Å². The molecular formula is C21H13F13. The monoisotopic (exact) mass is 512 g/mol. The lowest BCUT2D eigenvalue weighted by molar-refractivity contribution is -0.440. The van der Waals surface area contributed by atoms with Gasteiger partial charge in [-0.25, -0.2) is 0 Å². The summed E-state index contributed by atoms with van der Waals surface area (Å²) in [5, 5.41) is 0. The molecule has 34 heavy (non-hydrogen) atoms. The lowest BCUT2D eigenvalue weighted by Gasteiger charge is -2.40. The summed E-state index contributed by atoms with van der Waals surface area (Å²) in [6.45, 7) is 0. The quantitative estimate of drug-likeness (QED) is 0.328. The molecule has 0 spiro atoms. The van der Waals surface area contributed by atoms with Crippen molar-refractivity contribution in [1.29, 1.82) is 0 Å². The lowest BCUT2D eigenvalue weighted by Crippen LogP contribution is -2.70. The third kappa shape index (κ3) is 3.53. The maximum absolute atomic E-state index is 14.2. The highest BCUT2D eigenvalue weighted by molar-refractivity contribution is 5.78. The predicted molar refractivity (Wildman–Crippen MR) is 93.7 cm³/mol. The van der Waals surface area contributed by atoms with Crippen molar-refractivity contribution in [1.82, 2.24) is 0 Å². The minimum absolute atomic E-state index is 0.337. The Kier molecular flexibility index (Phi) is 5.97. The van der Waals surface area contributed by atoms with Gasteiger partial charge in [0, 0.05) is 12.3 Å². The number of benzene rings is 2. The van der Waals surface area contributed by atoms with E-state index in [9.17, 15) is 57.1 Å². The van der Waals surface area contributed by atoms with E-state index in [1.54, 1.807) is 24.3 Å². The molecule has 3 rings (SSSR count). The number of fused-ring (bicyclic) bond motifs is 3. The molecule has 0 saturated heterocycles. The van der Waals surface area contributed by atoms with Crippen LogP contribution in [-0.4, -0.2) is 35.8 Å². The Morgan fingerprint density at radius 3 is 1.29 bits per heavy atom. The van der Waals surface area contributed by atoms with Gasteiger partial charge in [0.2, 0.25) is 0 Å². The van der Waals surface area contributed by atoms with Crippen molar-refractivity contribution in [2.24, 2.45) is 0 Å². The normalized spacial score (nSPS) is 15.9. The molecule has 0 nitrogen and oxygen atoms in total. The number of hydrogen-bond donors (Lipinski definition) is 0. The van der Waals surface area contributed by atoms with Crippen LogP contribution in [0.5, 0.6) is 0 Å². The Hall–Kier alpha value is -2.47. The fourth-order valence-electron chi connectivity index (χ4n) is 3.86. The van der Waals surface area contributed by atoms with Crippen LogP contribution in [0.4, 0.5) is 57.1 Å². The van der Waals surface area contributed by atoms with Crippen LogP contribution in [-0.2, 0) is 0 Å². The molecule has 0 N–H and O–H groups in total. The Labute approximate surface area is 183 Å². The highest BCUT2D eigenvalue weighted by atomic mass is 19.4. The van der Waals surface area contributed by atoms with E-state index in [0.717, 1.165) is 0 Å². The van der Waals surface area contributed by atoms with E-state index in [2.05, 4.69) is 0 Å². The van der Waals surface area contributed by atoms with Gasteiger partial charge in [0.15, 0.2) is 0 Å². The summed E-state index contributed by atoms with van der Waals surface area (Å²) < 4.78 is 173. The van der Waals surface area contributed by atoms with E-state index in [4.69, 9.17) is 0 Å². The zero-order valence-electron chi connectivity index (χ0n) is 16.5. The largest absolute Gasteiger partial charge is 0.460 e. The molecular weight excluding hydrogens is 499 g/mol. The first kappa shape index (κ1) is 26.1. The summed E-state index contributed by atoms with van der Waals surface area (Å²) in [6, 6.07) is 12.1. The summed E-state index contributed by atoms with van der Waals surface area (Å²) in [5.74, 6) is -37.7. The van der Waals surface area contributed by atoms with Gasteiger partial charge < -0.3 is 0 Å². The molecule has 0 saturated carbocycles. The van der Waals surface area contributed by atoms with Crippen molar-refractivity contribution >= 4 is 0 Å². The number of rotatable bonds is 7. The first-order valence-corrected chi connectivity index (χ1v) is 9.45. The standard InChI is InChI=1S/C21H13F13/c22-16(23,17(24,25)18(26,27)19(28,29)20(30,31)21(32,33)34)10-9-15-13-7-3-1-5-11(13)12-6-2-4-8-14(12)15/h1-8,15H,9-10H2. The molecule has 1 aliphatic carbocycles. The molecule has 0 bridgehead atoms. The number of halogens is 13. The Morgan fingerprint density at radius 2 is 0.882 bits per heavy atom. The molecule has 0 atom stereocenters. The van der Waals surface area contributed by atoms with Crippen molar-refractivity contribution in [2.75, 3.05) is 0 Å². The van der Waals surface area contributed by atoms with E-state index in [-0.39, 0.29) is 0 Å². The number of alkyl halides is 13. The lowest BCUT2D eigenvalue weighted by atomic mass is 9.87. The van der Waals surface area contributed by atoms with Crippen LogP contribution in [0.2, 0.25) is 0 Å². The van der Waals surface area contributed by atoms with Crippen LogP contribution >= 0.6 is 0 Å². The summed E-state index contributed by atoms with van der Waals surface area (Å²) in [5.41, 5.74) is 1.70. The molecule has 2 aromatic rings. The van der Waals surface area contributed by atoms with Gasteiger partial charge in [0.25, 0.3) is 0 Å². The van der Waals surface area contributed by atoms with E-state index >= 15 is 0 Å². The van der Waals surface area contributed by atoms with Gasteiger partial charge in [-0.05, 0) is 28.7 Å². The maximum Gasteiger partial charge on any atom is 0.460 e. The van der Waals surface area contributed by atoms with Gasteiger partial charge >= 0.3 is 35.8 Å². The molecule has 188 valence electrons. The van der Waals surface area contributed by atoms with Gasteiger partial charge in [0.05, 0.1) is 0 Å². The van der Waals surface area contributed by atoms with Crippen molar-refractivity contribution in [2.45, 2.75) is 54.5 Å². The van der Waals surface area contributed by atoms with Crippen molar-refractivity contribution in [3.05, 3.63) is 59.7 Å². The van der Waals surface area contributed by atoms with E-state index < -0.39 is 54.5 Å². The molecule has 0 aromatic heterocycles. The van der Waals surface area contributed by atoms with Crippen LogP contribution in [0.3, 0.4) is 0 Å². The minimum Gasteiger partial charge on any atom is -0.200 e. The fourth-order valence-corrected chi connectivity index (χ4v) is 3.86. The molecule has 0 fully saturated rings. The van der Waals surface area contributed by atoms with E-state index in [0.29, 0.717) is 22.3 Å². The third-order valence-electron chi connectivity index (χ3n) is 5.71. The van der Waals surface area contributed by atoms with Crippen LogP contribution in [0.25, 0.3) is 11.1 Å². The molecule has 13 heteroatoms. The molecule has 1 aliphatic rings. The van der Waals surface area contributed by atoms with Crippen molar-refractivity contribution in [3.8, 4) is 11.1 Å². The first-order chi connectivity index (χ1) is 15.3. The smallest absolute Gasteiger partial charge is 0.200 e. The average molecular weight is 512 g/mol. The van der Waals surface area contributed by atoms with Gasteiger partial charge in [0.1, 0.15) is 0 Å². The Balaban J connectivity index is 1.93. The molecule has 2 aromatic carbocycles. The molecule has 0 heterocycles. The highest BCUT2D eigenvalue weighted by Crippen LogP contribution is 2.61. The number of hydrogen-bond acceptors (Lipinski definition) is 0. The second kappa shape index (κ2) is 7.77. The van der Waals surface area contributed by atoms with Crippen LogP contribution in [0, 0.1) is 0 Å². The molecule has 0 amide bonds. The van der Waals surface area contributed by atoms with Gasteiger partial charge in [-0.3, -0.25) is 0 Å². The van der Waals surface area contributed by atoms with Crippen LogP contribution < -0.4 is 0 Å². The summed E-state index contributed by atoms with van der Waals surface area (Å²) in [6.07, 6.45) is -10.6. The SMILES string of the molecule is FC(F)(F)C(F)(F)C(F)(F)C(F)(F)C(F)(F)C(F)(F)CCC1c2ccccc2-c2ccccc21. The van der Waals surface area contributed by atoms with Crippen LogP contribution in [0.1, 0.15) is 29.9 Å². The Bertz CT molecular complexity index is 1010. The molecule has 0 aliphatic heterocycles. The zero-order chi connectivity index (χ0) is 26.0. The molecule has 0 radical (unpaired) electrons. The van der Waals surface area contributed by atoms with E-state index in [1.165, 1.54) is 24.3 Å². The van der Waals surface area contributed by atoms with Gasteiger partial charge in [-0.15, -0.1) is 0 Å². The predicted octanol–water partition coefficient (Wildman–Crippen LogP) is 8.32. The summed E-state index contributed by atoms with van der Waals surface area (Å²) in [4.78, 5) is 0. The zero-order valence-corrected chi connectivity index (χ0v) is 16.5.